The average molecular weight is 408 g/mol. The predicted octanol–water partition coefficient (Wildman–Crippen LogP) is 4.12. The zero-order valence-electron chi connectivity index (χ0n) is 18.5. The van der Waals surface area contributed by atoms with Gasteiger partial charge in [0.25, 0.3) is 0 Å². The first-order valence-corrected chi connectivity index (χ1v) is 11.1. The largest absolute Gasteiger partial charge is 0.386 e. The van der Waals surface area contributed by atoms with E-state index in [4.69, 9.17) is 15.9 Å². The molecule has 0 saturated heterocycles. The highest BCUT2D eigenvalue weighted by atomic mass is 32.2. The number of rotatable bonds is 6. The Labute approximate surface area is 174 Å². The van der Waals surface area contributed by atoms with E-state index in [9.17, 15) is 0 Å². The van der Waals surface area contributed by atoms with Crippen molar-refractivity contribution in [2.45, 2.75) is 76.6 Å². The fraction of sp³-hybridized carbons (Fsp3) is 0.762. The van der Waals surface area contributed by atoms with Crippen molar-refractivity contribution in [3.05, 3.63) is 17.5 Å². The first-order valence-electron chi connectivity index (χ1n) is 10.1. The van der Waals surface area contributed by atoms with Gasteiger partial charge >= 0.3 is 0 Å². The topological polar surface area (TPSA) is 89.3 Å². The maximum absolute atomic E-state index is 8.42. The third-order valence-corrected chi connectivity index (χ3v) is 7.12. The standard InChI is InChI=1S/C21H37N5OS/c1-20(2,3)17-12-16(26(6)25-17)18(22)24-19(23)21(4,5)28-13-14-8-10-15(27-7)11-9-14/h12,14-15H,8-11,13H2,1-7H3,(H3,22,23,24). The van der Waals surface area contributed by atoms with Crippen LogP contribution >= 0.6 is 11.8 Å². The van der Waals surface area contributed by atoms with Gasteiger partial charge in [-0.15, -0.1) is 11.8 Å². The van der Waals surface area contributed by atoms with Gasteiger partial charge in [0, 0.05) is 19.6 Å². The first-order chi connectivity index (χ1) is 12.9. The van der Waals surface area contributed by atoms with E-state index in [2.05, 4.69) is 44.7 Å². The molecule has 6 nitrogen and oxygen atoms in total. The molecule has 0 atom stereocenters. The molecule has 0 bridgehead atoms. The molecule has 0 aromatic carbocycles. The molecule has 0 amide bonds. The molecule has 28 heavy (non-hydrogen) atoms. The third kappa shape index (κ3) is 5.83. The number of aliphatic imine (C=N–C) groups is 1. The Hall–Kier alpha value is -1.34. The quantitative estimate of drug-likeness (QED) is 0.548. The molecule has 0 unspecified atom stereocenters. The van der Waals surface area contributed by atoms with Gasteiger partial charge in [-0.3, -0.25) is 10.1 Å². The highest BCUT2D eigenvalue weighted by Crippen LogP contribution is 2.33. The van der Waals surface area contributed by atoms with Gasteiger partial charge in [-0.05, 0) is 57.3 Å². The molecular formula is C21H37N5OS. The SMILES string of the molecule is COC1CCC(CSC(C)(C)C(N)=NC(=N)c2cc(C(C)(C)C)nn2C)CC1. The molecule has 1 aromatic heterocycles. The van der Waals surface area contributed by atoms with E-state index >= 15 is 0 Å². The van der Waals surface area contributed by atoms with Crippen LogP contribution in [0.3, 0.4) is 0 Å². The number of nitrogens with one attached hydrogen (secondary N) is 1. The normalized spacial score (nSPS) is 21.8. The molecule has 1 aliphatic carbocycles. The average Bonchev–Trinajstić information content (AvgIpc) is 3.02. The summed E-state index contributed by atoms with van der Waals surface area (Å²) in [7, 11) is 3.66. The molecule has 1 fully saturated rings. The Bertz CT molecular complexity index is 709. The number of hydrogen-bond acceptors (Lipinski definition) is 4. The molecule has 1 saturated carbocycles. The van der Waals surface area contributed by atoms with Gasteiger partial charge < -0.3 is 10.5 Å². The second kappa shape index (κ2) is 8.99. The number of ether oxygens (including phenoxy) is 1. The zero-order valence-corrected chi connectivity index (χ0v) is 19.3. The van der Waals surface area contributed by atoms with Gasteiger partial charge in [0.05, 0.1) is 16.5 Å². The number of thioether (sulfide) groups is 1. The lowest BCUT2D eigenvalue weighted by molar-refractivity contribution is 0.0599. The lowest BCUT2D eigenvalue weighted by atomic mass is 9.89. The lowest BCUT2D eigenvalue weighted by Crippen LogP contribution is -2.37. The van der Waals surface area contributed by atoms with Crippen LogP contribution in [0.1, 0.15) is 71.7 Å². The van der Waals surface area contributed by atoms with Gasteiger partial charge in [0.2, 0.25) is 0 Å². The summed E-state index contributed by atoms with van der Waals surface area (Å²) in [6.07, 6.45) is 5.14. The van der Waals surface area contributed by atoms with E-state index in [0.717, 1.165) is 24.3 Å². The minimum Gasteiger partial charge on any atom is -0.386 e. The van der Waals surface area contributed by atoms with Crippen LogP contribution in [0.25, 0.3) is 0 Å². The van der Waals surface area contributed by atoms with Gasteiger partial charge in [-0.1, -0.05) is 20.8 Å². The number of hydrogen-bond donors (Lipinski definition) is 2. The van der Waals surface area contributed by atoms with Crippen molar-refractivity contribution >= 4 is 23.4 Å². The smallest absolute Gasteiger partial charge is 0.172 e. The van der Waals surface area contributed by atoms with Crippen molar-refractivity contribution < 1.29 is 4.74 Å². The predicted molar refractivity (Wildman–Crippen MR) is 120 cm³/mol. The second-order valence-electron chi connectivity index (χ2n) is 9.33. The van der Waals surface area contributed by atoms with Crippen molar-refractivity contribution in [3.8, 4) is 0 Å². The maximum atomic E-state index is 8.42. The Kier molecular flexibility index (Phi) is 7.37. The maximum Gasteiger partial charge on any atom is 0.172 e. The van der Waals surface area contributed by atoms with Crippen molar-refractivity contribution in [2.24, 2.45) is 23.7 Å². The van der Waals surface area contributed by atoms with Gasteiger partial charge in [-0.2, -0.15) is 5.10 Å². The number of aryl methyl sites for hydroxylation is 1. The monoisotopic (exact) mass is 407 g/mol. The molecule has 158 valence electrons. The highest BCUT2D eigenvalue weighted by Gasteiger charge is 2.28. The van der Waals surface area contributed by atoms with E-state index in [1.54, 1.807) is 4.68 Å². The van der Waals surface area contributed by atoms with E-state index in [0.29, 0.717) is 23.6 Å². The van der Waals surface area contributed by atoms with Crippen LogP contribution in [-0.4, -0.2) is 45.2 Å². The molecular weight excluding hydrogens is 370 g/mol. The Morgan fingerprint density at radius 3 is 2.39 bits per heavy atom. The van der Waals surface area contributed by atoms with Crippen LogP contribution in [0.15, 0.2) is 11.1 Å². The van der Waals surface area contributed by atoms with Gasteiger partial charge in [0.1, 0.15) is 11.5 Å². The molecule has 0 spiro atoms. The van der Waals surface area contributed by atoms with Crippen LogP contribution in [0.5, 0.6) is 0 Å². The number of nitrogens with zero attached hydrogens (tertiary/aromatic N) is 3. The van der Waals surface area contributed by atoms with E-state index in [1.807, 2.05) is 32.0 Å². The summed E-state index contributed by atoms with van der Waals surface area (Å²) in [6.45, 7) is 10.5. The molecule has 7 heteroatoms. The summed E-state index contributed by atoms with van der Waals surface area (Å²) < 4.78 is 6.87. The van der Waals surface area contributed by atoms with Crippen molar-refractivity contribution in [2.75, 3.05) is 12.9 Å². The summed E-state index contributed by atoms with van der Waals surface area (Å²) in [4.78, 5) is 4.44. The molecule has 0 aliphatic heterocycles. The zero-order chi connectivity index (χ0) is 21.1. The lowest BCUT2D eigenvalue weighted by Gasteiger charge is -2.30. The number of amidine groups is 2. The minimum atomic E-state index is -0.310. The Morgan fingerprint density at radius 1 is 1.29 bits per heavy atom. The second-order valence-corrected chi connectivity index (χ2v) is 11.0. The van der Waals surface area contributed by atoms with E-state index in [-0.39, 0.29) is 16.0 Å². The minimum absolute atomic E-state index is 0.0670. The highest BCUT2D eigenvalue weighted by molar-refractivity contribution is 8.01. The number of nitrogens with two attached hydrogens (primary N) is 1. The van der Waals surface area contributed by atoms with Crippen molar-refractivity contribution in [3.63, 3.8) is 0 Å². The van der Waals surface area contributed by atoms with Crippen molar-refractivity contribution in [1.29, 1.82) is 5.41 Å². The summed E-state index contributed by atoms with van der Waals surface area (Å²) in [5, 5.41) is 13.0. The number of aromatic nitrogens is 2. The summed E-state index contributed by atoms with van der Waals surface area (Å²) in [5.74, 6) is 2.42. The van der Waals surface area contributed by atoms with Crippen LogP contribution in [-0.2, 0) is 17.2 Å². The third-order valence-electron chi connectivity index (χ3n) is 5.55. The van der Waals surface area contributed by atoms with Crippen LogP contribution < -0.4 is 5.73 Å². The van der Waals surface area contributed by atoms with E-state index < -0.39 is 0 Å². The van der Waals surface area contributed by atoms with Crippen LogP contribution in [0.4, 0.5) is 0 Å². The summed E-state index contributed by atoms with van der Waals surface area (Å²) in [6, 6.07) is 1.94. The molecule has 2 rings (SSSR count). The van der Waals surface area contributed by atoms with Crippen LogP contribution in [0, 0.1) is 11.3 Å². The van der Waals surface area contributed by atoms with Gasteiger partial charge in [-0.25, -0.2) is 4.99 Å². The molecule has 1 aromatic rings. The van der Waals surface area contributed by atoms with Crippen molar-refractivity contribution in [1.82, 2.24) is 9.78 Å². The number of methoxy groups -OCH3 is 1. The molecule has 3 N–H and O–H groups in total. The summed E-state index contributed by atoms with van der Waals surface area (Å²) in [5.41, 5.74) is 7.90. The van der Waals surface area contributed by atoms with Gasteiger partial charge in [0.15, 0.2) is 5.84 Å². The summed E-state index contributed by atoms with van der Waals surface area (Å²) >= 11 is 1.84. The molecule has 1 aliphatic rings. The first kappa shape index (κ1) is 22.9. The van der Waals surface area contributed by atoms with E-state index in [1.165, 1.54) is 12.8 Å². The molecule has 1 heterocycles. The fourth-order valence-corrected chi connectivity index (χ4v) is 4.48. The van der Waals surface area contributed by atoms with Crippen LogP contribution in [0.2, 0.25) is 0 Å². The Balaban J connectivity index is 2.00. The molecule has 0 radical (unpaired) electrons. The fourth-order valence-electron chi connectivity index (χ4n) is 3.30. The Morgan fingerprint density at radius 2 is 1.89 bits per heavy atom.